The van der Waals surface area contributed by atoms with Gasteiger partial charge >= 0.3 is 0 Å². The number of nitrogen functional groups attached to an aromatic ring is 1. The lowest BCUT2D eigenvalue weighted by Crippen LogP contribution is -2.25. The van der Waals surface area contributed by atoms with Crippen molar-refractivity contribution in [2.45, 2.75) is 33.0 Å². The first-order valence-electron chi connectivity index (χ1n) is 8.73. The Morgan fingerprint density at radius 2 is 1.42 bits per heavy atom. The van der Waals surface area contributed by atoms with E-state index in [9.17, 15) is 0 Å². The molecule has 0 saturated heterocycles. The molecule has 2 aromatic carbocycles. The number of nitrogens with two attached hydrogens (primary N) is 1. The van der Waals surface area contributed by atoms with Crippen LogP contribution in [0.4, 0.5) is 11.5 Å². The highest BCUT2D eigenvalue weighted by atomic mass is 16.5. The maximum absolute atomic E-state index is 6.35. The number of ether oxygens (including phenoxy) is 1. The maximum Gasteiger partial charge on any atom is 0.242 e. The molecule has 2 N–H and O–H groups in total. The molecule has 0 aliphatic rings. The third kappa shape index (κ3) is 4.51. The van der Waals surface area contributed by atoms with E-state index in [4.69, 9.17) is 10.5 Å². The standard InChI is InChI=1S/C21H24N4O/c1-16(2)26-21-19(22)20(23-15-24-21)25(13-17-9-5-3-6-10-17)14-18-11-7-4-8-12-18/h3-12,15-16H,13-14,22H2,1-2H3. The summed E-state index contributed by atoms with van der Waals surface area (Å²) in [7, 11) is 0. The molecular formula is C21H24N4O. The minimum Gasteiger partial charge on any atom is -0.473 e. The Morgan fingerprint density at radius 3 is 1.92 bits per heavy atom. The summed E-state index contributed by atoms with van der Waals surface area (Å²) < 4.78 is 5.73. The number of nitrogens with zero attached hydrogens (tertiary/aromatic N) is 3. The third-order valence-corrected chi connectivity index (χ3v) is 3.91. The van der Waals surface area contributed by atoms with E-state index in [0.717, 1.165) is 0 Å². The molecule has 0 aliphatic carbocycles. The van der Waals surface area contributed by atoms with Gasteiger partial charge in [-0.05, 0) is 25.0 Å². The van der Waals surface area contributed by atoms with Crippen LogP contribution in [0.15, 0.2) is 67.0 Å². The van der Waals surface area contributed by atoms with E-state index in [-0.39, 0.29) is 6.10 Å². The molecule has 0 aliphatic heterocycles. The molecule has 3 aromatic rings. The van der Waals surface area contributed by atoms with Crippen molar-refractivity contribution < 1.29 is 4.74 Å². The first kappa shape index (κ1) is 17.7. The fourth-order valence-corrected chi connectivity index (χ4v) is 2.75. The van der Waals surface area contributed by atoms with Crippen LogP contribution in [0.1, 0.15) is 25.0 Å². The van der Waals surface area contributed by atoms with Gasteiger partial charge in [-0.25, -0.2) is 4.98 Å². The van der Waals surface area contributed by atoms with Gasteiger partial charge in [-0.15, -0.1) is 0 Å². The van der Waals surface area contributed by atoms with E-state index in [1.165, 1.54) is 17.5 Å². The minimum atomic E-state index is -0.00301. The molecule has 0 amide bonds. The topological polar surface area (TPSA) is 64.3 Å². The van der Waals surface area contributed by atoms with Gasteiger partial charge in [0.05, 0.1) is 6.10 Å². The van der Waals surface area contributed by atoms with E-state index >= 15 is 0 Å². The van der Waals surface area contributed by atoms with Crippen LogP contribution in [-0.4, -0.2) is 16.1 Å². The van der Waals surface area contributed by atoms with Crippen molar-refractivity contribution in [2.24, 2.45) is 0 Å². The Hall–Kier alpha value is -3.08. The van der Waals surface area contributed by atoms with Gasteiger partial charge < -0.3 is 15.4 Å². The van der Waals surface area contributed by atoms with Crippen LogP contribution in [0, 0.1) is 0 Å². The minimum absolute atomic E-state index is 0.00301. The zero-order valence-electron chi connectivity index (χ0n) is 15.2. The summed E-state index contributed by atoms with van der Waals surface area (Å²) >= 11 is 0. The SMILES string of the molecule is CC(C)Oc1ncnc(N(Cc2ccccc2)Cc2ccccc2)c1N. The summed E-state index contributed by atoms with van der Waals surface area (Å²) in [6.07, 6.45) is 1.50. The van der Waals surface area contributed by atoms with Gasteiger partial charge in [-0.2, -0.15) is 4.98 Å². The van der Waals surface area contributed by atoms with Crippen molar-refractivity contribution in [3.05, 3.63) is 78.1 Å². The lowest BCUT2D eigenvalue weighted by Gasteiger charge is -2.26. The number of anilines is 2. The van der Waals surface area contributed by atoms with Gasteiger partial charge in [0.25, 0.3) is 0 Å². The van der Waals surface area contributed by atoms with Crippen molar-refractivity contribution >= 4 is 11.5 Å². The Bertz CT molecular complexity index is 780. The van der Waals surface area contributed by atoms with Crippen LogP contribution in [0.25, 0.3) is 0 Å². The summed E-state index contributed by atoms with van der Waals surface area (Å²) in [5.74, 6) is 1.11. The van der Waals surface area contributed by atoms with Gasteiger partial charge in [-0.1, -0.05) is 60.7 Å². The summed E-state index contributed by atoms with van der Waals surface area (Å²) in [5.41, 5.74) is 9.19. The maximum atomic E-state index is 6.35. The van der Waals surface area contributed by atoms with Crippen LogP contribution < -0.4 is 15.4 Å². The number of benzene rings is 2. The van der Waals surface area contributed by atoms with Gasteiger partial charge in [0.15, 0.2) is 5.82 Å². The Morgan fingerprint density at radius 1 is 0.885 bits per heavy atom. The molecular weight excluding hydrogens is 324 g/mol. The fourth-order valence-electron chi connectivity index (χ4n) is 2.75. The predicted octanol–water partition coefficient (Wildman–Crippen LogP) is 4.05. The molecule has 26 heavy (non-hydrogen) atoms. The van der Waals surface area contributed by atoms with Crippen molar-refractivity contribution in [2.75, 3.05) is 10.6 Å². The predicted molar refractivity (Wildman–Crippen MR) is 105 cm³/mol. The fraction of sp³-hybridized carbons (Fsp3) is 0.238. The van der Waals surface area contributed by atoms with Crippen molar-refractivity contribution in [1.29, 1.82) is 0 Å². The Balaban J connectivity index is 1.94. The number of hydrogen-bond acceptors (Lipinski definition) is 5. The Labute approximate surface area is 154 Å². The molecule has 0 unspecified atom stereocenters. The smallest absolute Gasteiger partial charge is 0.242 e. The second-order valence-corrected chi connectivity index (χ2v) is 6.41. The molecule has 0 radical (unpaired) electrons. The van der Waals surface area contributed by atoms with Crippen molar-refractivity contribution in [1.82, 2.24) is 9.97 Å². The number of rotatable bonds is 7. The molecule has 134 valence electrons. The van der Waals surface area contributed by atoms with E-state index in [0.29, 0.717) is 30.5 Å². The average Bonchev–Trinajstić information content (AvgIpc) is 2.64. The van der Waals surface area contributed by atoms with E-state index in [1.807, 2.05) is 50.2 Å². The zero-order chi connectivity index (χ0) is 18.4. The third-order valence-electron chi connectivity index (χ3n) is 3.91. The zero-order valence-corrected chi connectivity index (χ0v) is 15.2. The lowest BCUT2D eigenvalue weighted by molar-refractivity contribution is 0.234. The highest BCUT2D eigenvalue weighted by Crippen LogP contribution is 2.30. The summed E-state index contributed by atoms with van der Waals surface area (Å²) in [6, 6.07) is 20.6. The van der Waals surface area contributed by atoms with Gasteiger partial charge in [0.1, 0.15) is 12.0 Å². The van der Waals surface area contributed by atoms with Crippen LogP contribution >= 0.6 is 0 Å². The summed E-state index contributed by atoms with van der Waals surface area (Å²) in [4.78, 5) is 10.8. The highest BCUT2D eigenvalue weighted by Gasteiger charge is 2.17. The van der Waals surface area contributed by atoms with Gasteiger partial charge in [-0.3, -0.25) is 0 Å². The molecule has 0 bridgehead atoms. The number of hydrogen-bond donors (Lipinski definition) is 1. The first-order chi connectivity index (χ1) is 12.6. The molecule has 5 heteroatoms. The molecule has 0 spiro atoms. The van der Waals surface area contributed by atoms with Gasteiger partial charge in [0.2, 0.25) is 5.88 Å². The number of aromatic nitrogens is 2. The molecule has 3 rings (SSSR count). The normalized spacial score (nSPS) is 10.7. The summed E-state index contributed by atoms with van der Waals surface area (Å²) in [6.45, 7) is 5.29. The molecule has 0 atom stereocenters. The second kappa shape index (κ2) is 8.34. The molecule has 0 saturated carbocycles. The molecule has 0 fully saturated rings. The Kier molecular flexibility index (Phi) is 5.69. The van der Waals surface area contributed by atoms with E-state index in [1.54, 1.807) is 0 Å². The quantitative estimate of drug-likeness (QED) is 0.698. The van der Waals surface area contributed by atoms with E-state index in [2.05, 4.69) is 39.1 Å². The van der Waals surface area contributed by atoms with Crippen LogP contribution in [-0.2, 0) is 13.1 Å². The van der Waals surface area contributed by atoms with Crippen LogP contribution in [0.2, 0.25) is 0 Å². The van der Waals surface area contributed by atoms with Crippen molar-refractivity contribution in [3.63, 3.8) is 0 Å². The second-order valence-electron chi connectivity index (χ2n) is 6.41. The largest absolute Gasteiger partial charge is 0.473 e. The highest BCUT2D eigenvalue weighted by molar-refractivity contribution is 5.68. The van der Waals surface area contributed by atoms with E-state index < -0.39 is 0 Å². The average molecular weight is 348 g/mol. The molecule has 1 aromatic heterocycles. The van der Waals surface area contributed by atoms with Crippen LogP contribution in [0.3, 0.4) is 0 Å². The van der Waals surface area contributed by atoms with Crippen molar-refractivity contribution in [3.8, 4) is 5.88 Å². The first-order valence-corrected chi connectivity index (χ1v) is 8.73. The van der Waals surface area contributed by atoms with Crippen LogP contribution in [0.5, 0.6) is 5.88 Å². The monoisotopic (exact) mass is 348 g/mol. The lowest BCUT2D eigenvalue weighted by atomic mass is 10.1. The summed E-state index contributed by atoms with van der Waals surface area (Å²) in [5, 5.41) is 0. The van der Waals surface area contributed by atoms with Gasteiger partial charge in [0, 0.05) is 13.1 Å². The molecule has 1 heterocycles. The molecule has 5 nitrogen and oxygen atoms in total.